The Kier molecular flexibility index (Phi) is 6.70. The summed E-state index contributed by atoms with van der Waals surface area (Å²) in [6.07, 6.45) is 1.56. The van der Waals surface area contributed by atoms with E-state index in [9.17, 15) is 4.79 Å². The Morgan fingerprint density at radius 3 is 2.32 bits per heavy atom. The molecule has 3 aromatic heterocycles. The van der Waals surface area contributed by atoms with Gasteiger partial charge >= 0.3 is 0 Å². The fourth-order valence-corrected chi connectivity index (χ4v) is 5.21. The van der Waals surface area contributed by atoms with E-state index in [-0.39, 0.29) is 12.5 Å². The zero-order chi connectivity index (χ0) is 25.9. The Labute approximate surface area is 217 Å². The number of nitrogens with zero attached hydrogens (tertiary/aromatic N) is 1. The van der Waals surface area contributed by atoms with Gasteiger partial charge < -0.3 is 29.7 Å². The minimum absolute atomic E-state index is 0.252. The largest absolute Gasteiger partial charge is 0.493 e. The van der Waals surface area contributed by atoms with Crippen LogP contribution in [0.2, 0.25) is 0 Å². The van der Waals surface area contributed by atoms with E-state index < -0.39 is 0 Å². The van der Waals surface area contributed by atoms with Crippen LogP contribution in [0, 0.1) is 0 Å². The molecule has 3 heterocycles. The maximum atomic E-state index is 13.1. The van der Waals surface area contributed by atoms with E-state index in [4.69, 9.17) is 29.3 Å². The Morgan fingerprint density at radius 1 is 0.973 bits per heavy atom. The minimum Gasteiger partial charge on any atom is -0.493 e. The van der Waals surface area contributed by atoms with Crippen molar-refractivity contribution in [2.75, 3.05) is 27.1 Å². The monoisotopic (exact) mass is 515 g/mol. The van der Waals surface area contributed by atoms with Gasteiger partial charge in [-0.2, -0.15) is 0 Å². The topological polar surface area (TPSA) is 109 Å². The molecular weight excluding hydrogens is 490 g/mol. The summed E-state index contributed by atoms with van der Waals surface area (Å²) in [5.41, 5.74) is 10.2. The van der Waals surface area contributed by atoms with Gasteiger partial charge in [0.25, 0.3) is 5.91 Å². The molecule has 0 unspecified atom stereocenters. The van der Waals surface area contributed by atoms with Crippen LogP contribution in [0.5, 0.6) is 17.2 Å². The van der Waals surface area contributed by atoms with Crippen LogP contribution in [-0.4, -0.2) is 32.2 Å². The van der Waals surface area contributed by atoms with Crippen molar-refractivity contribution in [1.29, 1.82) is 0 Å². The molecule has 0 fully saturated rings. The average molecular weight is 516 g/mol. The van der Waals surface area contributed by atoms with E-state index >= 15 is 0 Å². The number of nitrogen functional groups attached to an aromatic ring is 1. The van der Waals surface area contributed by atoms with Gasteiger partial charge in [-0.1, -0.05) is 30.3 Å². The minimum atomic E-state index is -0.297. The summed E-state index contributed by atoms with van der Waals surface area (Å²) in [6, 6.07) is 19.1. The molecule has 0 saturated heterocycles. The molecule has 0 atom stereocenters. The number of carbonyl (C=O) groups excluding carboxylic acids is 1. The lowest BCUT2D eigenvalue weighted by Crippen LogP contribution is -2.22. The Balaban J connectivity index is 1.70. The number of rotatable bonds is 8. The van der Waals surface area contributed by atoms with E-state index in [1.165, 1.54) is 11.3 Å². The van der Waals surface area contributed by atoms with Crippen LogP contribution in [0.3, 0.4) is 0 Å². The highest BCUT2D eigenvalue weighted by Crippen LogP contribution is 2.46. The summed E-state index contributed by atoms with van der Waals surface area (Å²) in [5, 5.41) is 3.56. The Morgan fingerprint density at radius 2 is 1.70 bits per heavy atom. The first-order chi connectivity index (χ1) is 18.0. The van der Waals surface area contributed by atoms with Crippen LogP contribution in [-0.2, 0) is 6.54 Å². The predicted molar refractivity (Wildman–Crippen MR) is 144 cm³/mol. The van der Waals surface area contributed by atoms with E-state index in [1.807, 2.05) is 48.5 Å². The second kappa shape index (κ2) is 10.2. The number of benzene rings is 2. The summed E-state index contributed by atoms with van der Waals surface area (Å²) in [5.74, 6) is 1.85. The van der Waals surface area contributed by atoms with Gasteiger partial charge in [0.1, 0.15) is 15.5 Å². The number of ether oxygens (including phenoxy) is 3. The third kappa shape index (κ3) is 4.56. The van der Waals surface area contributed by atoms with Crippen molar-refractivity contribution < 1.29 is 23.4 Å². The first-order valence-corrected chi connectivity index (χ1v) is 12.2. The Hall–Kier alpha value is -4.50. The van der Waals surface area contributed by atoms with E-state index in [2.05, 4.69) is 5.32 Å². The highest BCUT2D eigenvalue weighted by Gasteiger charge is 2.23. The number of hydrogen-bond acceptors (Lipinski definition) is 8. The molecule has 0 radical (unpaired) electrons. The number of thiophene rings is 1. The second-order valence-corrected chi connectivity index (χ2v) is 9.12. The number of fused-ring (bicyclic) bond motifs is 1. The average Bonchev–Trinajstić information content (AvgIpc) is 3.58. The van der Waals surface area contributed by atoms with E-state index in [0.717, 1.165) is 22.4 Å². The maximum absolute atomic E-state index is 13.1. The zero-order valence-corrected chi connectivity index (χ0v) is 21.3. The number of anilines is 1. The molecule has 1 amide bonds. The molecule has 0 aliphatic heterocycles. The highest BCUT2D eigenvalue weighted by molar-refractivity contribution is 7.21. The van der Waals surface area contributed by atoms with Gasteiger partial charge in [0.2, 0.25) is 5.75 Å². The number of furan rings is 1. The van der Waals surface area contributed by atoms with Gasteiger partial charge in [-0.3, -0.25) is 4.79 Å². The number of carbonyl (C=O) groups is 1. The molecule has 5 aromatic rings. The summed E-state index contributed by atoms with van der Waals surface area (Å²) >= 11 is 1.25. The predicted octanol–water partition coefficient (Wildman–Crippen LogP) is 5.76. The molecule has 0 bridgehead atoms. The van der Waals surface area contributed by atoms with Crippen LogP contribution in [0.4, 0.5) is 5.69 Å². The van der Waals surface area contributed by atoms with Crippen molar-refractivity contribution in [2.24, 2.45) is 0 Å². The van der Waals surface area contributed by atoms with Crippen molar-refractivity contribution in [3.63, 3.8) is 0 Å². The number of nitrogens with two attached hydrogens (primary N) is 1. The number of methoxy groups -OCH3 is 3. The van der Waals surface area contributed by atoms with Crippen LogP contribution >= 0.6 is 11.3 Å². The lowest BCUT2D eigenvalue weighted by atomic mass is 9.98. The molecule has 37 heavy (non-hydrogen) atoms. The zero-order valence-electron chi connectivity index (χ0n) is 20.5. The van der Waals surface area contributed by atoms with Crippen LogP contribution in [0.1, 0.15) is 15.4 Å². The molecule has 9 heteroatoms. The number of pyridine rings is 1. The molecule has 0 saturated carbocycles. The number of hydrogen-bond donors (Lipinski definition) is 2. The van der Waals surface area contributed by atoms with Crippen molar-refractivity contribution >= 4 is 33.1 Å². The van der Waals surface area contributed by atoms with Crippen molar-refractivity contribution in [1.82, 2.24) is 10.3 Å². The maximum Gasteiger partial charge on any atom is 0.263 e. The number of aromatic nitrogens is 1. The second-order valence-electron chi connectivity index (χ2n) is 8.12. The van der Waals surface area contributed by atoms with Gasteiger partial charge in [0.15, 0.2) is 11.5 Å². The Bertz CT molecular complexity index is 1540. The molecule has 188 valence electrons. The van der Waals surface area contributed by atoms with Gasteiger partial charge in [-0.15, -0.1) is 11.3 Å². The molecule has 2 aromatic carbocycles. The standard InChI is InChI=1S/C28H25N3O5S/c1-33-21-12-17(13-22(34-2)25(21)35-3)19-14-20(16-8-5-4-6-9-16)31-28-23(19)24(29)26(37-28)27(32)30-15-18-10-7-11-36-18/h4-14H,15,29H2,1-3H3,(H,30,32). The first-order valence-electron chi connectivity index (χ1n) is 11.4. The van der Waals surface area contributed by atoms with Crippen molar-refractivity contribution in [2.45, 2.75) is 6.54 Å². The van der Waals surface area contributed by atoms with Gasteiger partial charge in [0, 0.05) is 10.9 Å². The lowest BCUT2D eigenvalue weighted by Gasteiger charge is -2.15. The highest BCUT2D eigenvalue weighted by atomic mass is 32.1. The molecule has 0 spiro atoms. The molecule has 5 rings (SSSR count). The van der Waals surface area contributed by atoms with Crippen molar-refractivity contribution in [3.05, 3.63) is 77.6 Å². The van der Waals surface area contributed by atoms with Crippen LogP contribution in [0.25, 0.3) is 32.6 Å². The number of amides is 1. The van der Waals surface area contributed by atoms with Gasteiger partial charge in [-0.05, 0) is 41.5 Å². The summed E-state index contributed by atoms with van der Waals surface area (Å²) in [4.78, 5) is 19.0. The quantitative estimate of drug-likeness (QED) is 0.270. The number of nitrogens with one attached hydrogen (secondary N) is 1. The van der Waals surface area contributed by atoms with Gasteiger partial charge in [0.05, 0.1) is 45.5 Å². The normalized spacial score (nSPS) is 10.9. The molecule has 0 aliphatic rings. The van der Waals surface area contributed by atoms with E-state index in [0.29, 0.717) is 43.8 Å². The summed E-state index contributed by atoms with van der Waals surface area (Å²) in [6.45, 7) is 0.252. The third-order valence-corrected chi connectivity index (χ3v) is 7.05. The molecule has 3 N–H and O–H groups in total. The van der Waals surface area contributed by atoms with E-state index in [1.54, 1.807) is 39.7 Å². The summed E-state index contributed by atoms with van der Waals surface area (Å²) < 4.78 is 22.0. The fraction of sp³-hybridized carbons (Fsp3) is 0.143. The third-order valence-electron chi connectivity index (χ3n) is 5.95. The lowest BCUT2D eigenvalue weighted by molar-refractivity contribution is 0.0953. The van der Waals surface area contributed by atoms with Gasteiger partial charge in [-0.25, -0.2) is 4.98 Å². The SMILES string of the molecule is COc1cc(-c2cc(-c3ccccc3)nc3sc(C(=O)NCc4ccco4)c(N)c23)cc(OC)c1OC. The smallest absolute Gasteiger partial charge is 0.263 e. The van der Waals surface area contributed by atoms with Crippen LogP contribution in [0.15, 0.2) is 71.3 Å². The molecular formula is C28H25N3O5S. The van der Waals surface area contributed by atoms with Crippen LogP contribution < -0.4 is 25.3 Å². The molecule has 0 aliphatic carbocycles. The molecule has 8 nitrogen and oxygen atoms in total. The summed E-state index contributed by atoms with van der Waals surface area (Å²) in [7, 11) is 4.70. The van der Waals surface area contributed by atoms with Crippen molar-refractivity contribution in [3.8, 4) is 39.6 Å². The fourth-order valence-electron chi connectivity index (χ4n) is 4.17. The first kappa shape index (κ1) is 24.2.